The Hall–Kier alpha value is -1.47. The Kier molecular flexibility index (Phi) is 5.43. The first-order chi connectivity index (χ1) is 11.9. The van der Waals surface area contributed by atoms with E-state index in [1.807, 2.05) is 6.92 Å². The number of sulfonamides is 1. The van der Waals surface area contributed by atoms with Gasteiger partial charge in [-0.15, -0.1) is 0 Å². The quantitative estimate of drug-likeness (QED) is 0.839. The molecule has 0 radical (unpaired) electrons. The van der Waals surface area contributed by atoms with Crippen LogP contribution in [0.2, 0.25) is 0 Å². The highest BCUT2D eigenvalue weighted by Gasteiger charge is 2.39. The minimum absolute atomic E-state index is 0.0961. The Bertz CT molecular complexity index is 751. The molecule has 1 fully saturated rings. The van der Waals surface area contributed by atoms with Crippen molar-refractivity contribution in [1.82, 2.24) is 9.62 Å². The van der Waals surface area contributed by atoms with Gasteiger partial charge >= 0.3 is 0 Å². The molecule has 1 N–H and O–H groups in total. The molecular formula is C18H25FN2O3S. The minimum atomic E-state index is -3.39. The van der Waals surface area contributed by atoms with Gasteiger partial charge in [0.25, 0.3) is 0 Å². The zero-order chi connectivity index (χ0) is 18.0. The van der Waals surface area contributed by atoms with Gasteiger partial charge in [-0.2, -0.15) is 4.31 Å². The molecule has 25 heavy (non-hydrogen) atoms. The number of unbranched alkanes of at least 4 members (excludes halogenated alkanes) is 1. The molecule has 7 heteroatoms. The smallest absolute Gasteiger partial charge is 0.238 e. The maximum Gasteiger partial charge on any atom is 0.238 e. The van der Waals surface area contributed by atoms with Crippen molar-refractivity contribution in [3.8, 4) is 0 Å². The fourth-order valence-electron chi connectivity index (χ4n) is 3.78. The number of nitrogens with one attached hydrogen (secondary N) is 1. The highest BCUT2D eigenvalue weighted by molar-refractivity contribution is 7.89. The zero-order valence-electron chi connectivity index (χ0n) is 14.5. The third-order valence-electron chi connectivity index (χ3n) is 5.12. The van der Waals surface area contributed by atoms with Crippen LogP contribution in [-0.4, -0.2) is 37.0 Å². The molecule has 0 saturated carbocycles. The van der Waals surface area contributed by atoms with Crippen LogP contribution < -0.4 is 5.32 Å². The van der Waals surface area contributed by atoms with Gasteiger partial charge < -0.3 is 5.32 Å². The number of carbonyl (C=O) groups excluding carboxylic acids is 1. The number of amides is 1. The van der Waals surface area contributed by atoms with E-state index in [0.29, 0.717) is 25.8 Å². The Labute approximate surface area is 148 Å². The van der Waals surface area contributed by atoms with Crippen molar-refractivity contribution in [3.05, 3.63) is 35.1 Å². The molecular weight excluding hydrogens is 343 g/mol. The molecule has 1 amide bonds. The highest BCUT2D eigenvalue weighted by atomic mass is 32.2. The average molecular weight is 368 g/mol. The summed E-state index contributed by atoms with van der Waals surface area (Å²) in [5, 5.41) is 2.99. The molecule has 2 aliphatic rings. The van der Waals surface area contributed by atoms with Gasteiger partial charge in [0.1, 0.15) is 11.9 Å². The zero-order valence-corrected chi connectivity index (χ0v) is 15.3. The second-order valence-corrected chi connectivity index (χ2v) is 8.92. The number of fused-ring (bicyclic) bond motifs is 1. The van der Waals surface area contributed by atoms with Gasteiger partial charge in [-0.3, -0.25) is 4.79 Å². The highest BCUT2D eigenvalue weighted by Crippen LogP contribution is 2.32. The van der Waals surface area contributed by atoms with Crippen LogP contribution in [0.25, 0.3) is 0 Å². The SMILES string of the molecule is CCCCS(=O)(=O)N1CCCC1C(=O)NC1CCc2cc(F)ccc21. The maximum atomic E-state index is 13.3. The summed E-state index contributed by atoms with van der Waals surface area (Å²) >= 11 is 0. The summed E-state index contributed by atoms with van der Waals surface area (Å²) in [5.74, 6) is -0.409. The van der Waals surface area contributed by atoms with E-state index in [1.54, 1.807) is 6.07 Å². The topological polar surface area (TPSA) is 66.5 Å². The Balaban J connectivity index is 1.69. The number of carbonyl (C=O) groups is 1. The lowest BCUT2D eigenvalue weighted by Crippen LogP contribution is -2.47. The normalized spacial score (nSPS) is 23.6. The molecule has 1 saturated heterocycles. The second kappa shape index (κ2) is 7.41. The van der Waals surface area contributed by atoms with Crippen molar-refractivity contribution in [2.45, 2.75) is 57.5 Å². The Morgan fingerprint density at radius 2 is 2.16 bits per heavy atom. The van der Waals surface area contributed by atoms with Crippen molar-refractivity contribution < 1.29 is 17.6 Å². The minimum Gasteiger partial charge on any atom is -0.348 e. The molecule has 0 aromatic heterocycles. The van der Waals surface area contributed by atoms with Crippen LogP contribution in [0.5, 0.6) is 0 Å². The van der Waals surface area contributed by atoms with Gasteiger partial charge in [0, 0.05) is 6.54 Å². The van der Waals surface area contributed by atoms with Crippen molar-refractivity contribution in [3.63, 3.8) is 0 Å². The summed E-state index contributed by atoms with van der Waals surface area (Å²) in [5.41, 5.74) is 1.86. The summed E-state index contributed by atoms with van der Waals surface area (Å²) in [6.07, 6.45) is 4.12. The summed E-state index contributed by atoms with van der Waals surface area (Å²) < 4.78 is 39.7. The number of nitrogens with zero attached hydrogens (tertiary/aromatic N) is 1. The standard InChI is InChI=1S/C18H25FN2O3S/c1-2-3-11-25(23,24)21-10-4-5-17(21)18(22)20-16-9-6-13-12-14(19)7-8-15(13)16/h7-8,12,16-17H,2-6,9-11H2,1H3,(H,20,22). The first-order valence-electron chi connectivity index (χ1n) is 9.00. The van der Waals surface area contributed by atoms with Crippen LogP contribution in [-0.2, 0) is 21.2 Å². The van der Waals surface area contributed by atoms with Gasteiger partial charge in [-0.1, -0.05) is 19.4 Å². The van der Waals surface area contributed by atoms with Crippen molar-refractivity contribution in [1.29, 1.82) is 0 Å². The summed E-state index contributed by atoms with van der Waals surface area (Å²) in [6.45, 7) is 2.36. The fraction of sp³-hybridized carbons (Fsp3) is 0.611. The van der Waals surface area contributed by atoms with E-state index >= 15 is 0 Å². The molecule has 1 heterocycles. The van der Waals surface area contributed by atoms with Crippen LogP contribution in [0.15, 0.2) is 18.2 Å². The number of rotatable bonds is 6. The van der Waals surface area contributed by atoms with Gasteiger partial charge in [-0.25, -0.2) is 12.8 Å². The average Bonchev–Trinajstić information content (AvgIpc) is 3.20. The second-order valence-electron chi connectivity index (χ2n) is 6.88. The van der Waals surface area contributed by atoms with E-state index in [4.69, 9.17) is 0 Å². The number of hydrogen-bond acceptors (Lipinski definition) is 3. The molecule has 138 valence electrons. The van der Waals surface area contributed by atoms with Crippen LogP contribution >= 0.6 is 0 Å². The molecule has 0 spiro atoms. The third-order valence-corrected chi connectivity index (χ3v) is 7.07. The Morgan fingerprint density at radius 3 is 2.92 bits per heavy atom. The van der Waals surface area contributed by atoms with Crippen molar-refractivity contribution in [2.24, 2.45) is 0 Å². The van der Waals surface area contributed by atoms with Crippen LogP contribution in [0, 0.1) is 5.82 Å². The lowest BCUT2D eigenvalue weighted by atomic mass is 10.1. The molecule has 1 aromatic carbocycles. The summed E-state index contributed by atoms with van der Waals surface area (Å²) in [6, 6.07) is 3.85. The summed E-state index contributed by atoms with van der Waals surface area (Å²) in [4.78, 5) is 12.7. The predicted octanol–water partition coefficient (Wildman–Crippen LogP) is 2.52. The number of hydrogen-bond donors (Lipinski definition) is 1. The lowest BCUT2D eigenvalue weighted by molar-refractivity contribution is -0.125. The Morgan fingerprint density at radius 1 is 1.36 bits per heavy atom. The molecule has 2 unspecified atom stereocenters. The molecule has 1 aliphatic heterocycles. The largest absolute Gasteiger partial charge is 0.348 e. The van der Waals surface area contributed by atoms with Crippen LogP contribution in [0.3, 0.4) is 0 Å². The van der Waals surface area contributed by atoms with E-state index in [9.17, 15) is 17.6 Å². The van der Waals surface area contributed by atoms with Crippen LogP contribution in [0.1, 0.15) is 56.2 Å². The molecule has 1 aromatic rings. The summed E-state index contributed by atoms with van der Waals surface area (Å²) in [7, 11) is -3.39. The van der Waals surface area contributed by atoms with Gasteiger partial charge in [0.15, 0.2) is 0 Å². The van der Waals surface area contributed by atoms with E-state index in [1.165, 1.54) is 16.4 Å². The predicted molar refractivity (Wildman–Crippen MR) is 94.0 cm³/mol. The molecule has 0 bridgehead atoms. The molecule has 2 atom stereocenters. The van der Waals surface area contributed by atoms with Gasteiger partial charge in [0.05, 0.1) is 11.8 Å². The van der Waals surface area contributed by atoms with E-state index in [-0.39, 0.29) is 23.5 Å². The van der Waals surface area contributed by atoms with E-state index < -0.39 is 16.1 Å². The molecule has 1 aliphatic carbocycles. The van der Waals surface area contributed by atoms with Gasteiger partial charge in [0.2, 0.25) is 15.9 Å². The van der Waals surface area contributed by atoms with Crippen molar-refractivity contribution in [2.75, 3.05) is 12.3 Å². The van der Waals surface area contributed by atoms with Crippen LogP contribution in [0.4, 0.5) is 4.39 Å². The molecule has 3 rings (SSSR count). The number of benzene rings is 1. The maximum absolute atomic E-state index is 13.3. The number of halogens is 1. The monoisotopic (exact) mass is 368 g/mol. The third kappa shape index (κ3) is 3.87. The van der Waals surface area contributed by atoms with Crippen molar-refractivity contribution >= 4 is 15.9 Å². The van der Waals surface area contributed by atoms with E-state index in [2.05, 4.69) is 5.32 Å². The first kappa shape index (κ1) is 18.3. The number of aryl methyl sites for hydroxylation is 1. The lowest BCUT2D eigenvalue weighted by Gasteiger charge is -2.25. The van der Waals surface area contributed by atoms with Gasteiger partial charge in [-0.05, 0) is 55.4 Å². The molecule has 5 nitrogen and oxygen atoms in total. The first-order valence-corrected chi connectivity index (χ1v) is 10.6. The fourth-order valence-corrected chi connectivity index (χ4v) is 5.67. The van der Waals surface area contributed by atoms with E-state index in [0.717, 1.165) is 30.4 Å².